The maximum atomic E-state index is 13.0. The molecular formula is C19H18N4O5S. The smallest absolute Gasteiger partial charge is 0.279 e. The van der Waals surface area contributed by atoms with Crippen molar-refractivity contribution in [1.29, 1.82) is 0 Å². The van der Waals surface area contributed by atoms with Gasteiger partial charge in [0.15, 0.2) is 17.2 Å². The zero-order valence-corrected chi connectivity index (χ0v) is 16.7. The Labute approximate surface area is 167 Å². The van der Waals surface area contributed by atoms with Crippen LogP contribution in [-0.4, -0.2) is 42.8 Å². The predicted octanol–water partition coefficient (Wildman–Crippen LogP) is 2.57. The van der Waals surface area contributed by atoms with Crippen LogP contribution in [0.2, 0.25) is 0 Å². The van der Waals surface area contributed by atoms with Crippen LogP contribution >= 0.6 is 0 Å². The van der Waals surface area contributed by atoms with Gasteiger partial charge in [-0.1, -0.05) is 12.1 Å². The molecule has 0 spiro atoms. The highest BCUT2D eigenvalue weighted by molar-refractivity contribution is 7.89. The fourth-order valence-corrected chi connectivity index (χ4v) is 4.52. The lowest BCUT2D eigenvalue weighted by Crippen LogP contribution is -2.37. The lowest BCUT2D eigenvalue weighted by Gasteiger charge is -2.29. The van der Waals surface area contributed by atoms with Gasteiger partial charge in [-0.2, -0.15) is 0 Å². The summed E-state index contributed by atoms with van der Waals surface area (Å²) < 4.78 is 37.5. The van der Waals surface area contributed by atoms with Crippen molar-refractivity contribution in [3.8, 4) is 11.5 Å². The van der Waals surface area contributed by atoms with Crippen LogP contribution in [0.5, 0.6) is 0 Å². The fourth-order valence-electron chi connectivity index (χ4n) is 3.13. The number of benzene rings is 1. The third kappa shape index (κ3) is 3.07. The van der Waals surface area contributed by atoms with E-state index in [1.165, 1.54) is 26.4 Å². The van der Waals surface area contributed by atoms with Gasteiger partial charge in [0, 0.05) is 12.6 Å². The molecule has 10 heteroatoms. The first-order valence-electron chi connectivity index (χ1n) is 8.62. The van der Waals surface area contributed by atoms with Crippen LogP contribution in [-0.2, 0) is 19.6 Å². The molecule has 9 nitrogen and oxygen atoms in total. The summed E-state index contributed by atoms with van der Waals surface area (Å²) in [5.74, 6) is 0.927. The number of amides is 1. The Morgan fingerprint density at radius 3 is 2.69 bits per heavy atom. The number of furan rings is 1. The van der Waals surface area contributed by atoms with E-state index in [2.05, 4.69) is 15.3 Å². The summed E-state index contributed by atoms with van der Waals surface area (Å²) in [7, 11) is -1.21. The van der Waals surface area contributed by atoms with Crippen LogP contribution in [0.25, 0.3) is 17.2 Å². The molecule has 2 aromatic heterocycles. The number of imidazole rings is 1. The number of hydrogen-bond donors (Lipinski definition) is 2. The minimum atomic E-state index is -3.90. The second-order valence-corrected chi connectivity index (χ2v) is 8.30. The van der Waals surface area contributed by atoms with Crippen molar-refractivity contribution in [2.24, 2.45) is 0 Å². The van der Waals surface area contributed by atoms with Gasteiger partial charge in [0.1, 0.15) is 11.5 Å². The number of nitrogens with zero attached hydrogens (tertiary/aromatic N) is 2. The van der Waals surface area contributed by atoms with Gasteiger partial charge in [0.05, 0.1) is 18.2 Å². The van der Waals surface area contributed by atoms with E-state index in [-0.39, 0.29) is 22.3 Å². The number of methoxy groups -OCH3 is 1. The quantitative estimate of drug-likeness (QED) is 0.678. The van der Waals surface area contributed by atoms with Gasteiger partial charge < -0.3 is 14.1 Å². The van der Waals surface area contributed by atoms with E-state index in [0.717, 1.165) is 10.1 Å². The summed E-state index contributed by atoms with van der Waals surface area (Å²) in [5, 5.41) is 2.58. The van der Waals surface area contributed by atoms with Gasteiger partial charge in [-0.3, -0.25) is 14.4 Å². The Balaban J connectivity index is 1.71. The van der Waals surface area contributed by atoms with Crippen molar-refractivity contribution >= 4 is 27.6 Å². The molecular weight excluding hydrogens is 396 g/mol. The number of sulfonamides is 1. The molecule has 1 aliphatic heterocycles. The molecule has 0 radical (unpaired) electrons. The molecule has 0 aliphatic carbocycles. The van der Waals surface area contributed by atoms with Crippen LogP contribution in [0.3, 0.4) is 0 Å². The Bertz CT molecular complexity index is 1240. The number of carbonyl (C=O) groups excluding carboxylic acids is 1. The number of carbonyl (C=O) groups is 1. The topological polar surface area (TPSA) is 118 Å². The van der Waals surface area contributed by atoms with Gasteiger partial charge in [0.2, 0.25) is 5.95 Å². The number of anilines is 1. The van der Waals surface area contributed by atoms with Gasteiger partial charge in [0.25, 0.3) is 15.9 Å². The summed E-state index contributed by atoms with van der Waals surface area (Å²) in [6.07, 6.45) is 1.51. The van der Waals surface area contributed by atoms with E-state index in [1.807, 2.05) is 13.0 Å². The number of hydrogen-bond acceptors (Lipinski definition) is 6. The van der Waals surface area contributed by atoms with E-state index in [4.69, 9.17) is 9.15 Å². The van der Waals surface area contributed by atoms with Crippen molar-refractivity contribution < 1.29 is 22.4 Å². The number of likely N-dealkylation sites (N-methyl/N-ethyl adjacent to an activating group) is 1. The van der Waals surface area contributed by atoms with Crippen molar-refractivity contribution in [3.63, 3.8) is 0 Å². The van der Waals surface area contributed by atoms with Gasteiger partial charge >= 0.3 is 0 Å². The van der Waals surface area contributed by atoms with Crippen LogP contribution in [0.4, 0.5) is 5.95 Å². The normalized spacial score (nSPS) is 15.2. The summed E-state index contributed by atoms with van der Waals surface area (Å²) in [5.41, 5.74) is 0.756. The number of aromatic amines is 1. The molecule has 0 fully saturated rings. The van der Waals surface area contributed by atoms with E-state index in [9.17, 15) is 13.2 Å². The third-order valence-electron chi connectivity index (χ3n) is 4.53. The number of nitrogens with one attached hydrogen (secondary N) is 2. The van der Waals surface area contributed by atoms with E-state index in [0.29, 0.717) is 17.0 Å². The minimum Gasteiger partial charge on any atom is -0.494 e. The summed E-state index contributed by atoms with van der Waals surface area (Å²) >= 11 is 0. The monoisotopic (exact) mass is 414 g/mol. The number of aryl methyl sites for hydroxylation is 1. The van der Waals surface area contributed by atoms with Crippen LogP contribution in [0.1, 0.15) is 11.3 Å². The van der Waals surface area contributed by atoms with Crippen molar-refractivity contribution in [2.45, 2.75) is 11.8 Å². The number of aromatic nitrogens is 2. The first-order chi connectivity index (χ1) is 13.8. The standard InChI is InChI=1S/C19H18N4O5S/c1-11-8-9-14(28-11)13-10-20-19(21-13)22-18(24)16-17(27-3)12-6-4-5-7-15(12)29(25,26)23(16)2/h4-10H,1-3H3,(H2,20,21,22,24). The number of ether oxygens (including phenoxy) is 1. The van der Waals surface area contributed by atoms with Gasteiger partial charge in [-0.15, -0.1) is 0 Å². The van der Waals surface area contributed by atoms with Crippen molar-refractivity contribution in [2.75, 3.05) is 19.5 Å². The zero-order chi connectivity index (χ0) is 20.8. The second-order valence-electron chi connectivity index (χ2n) is 6.36. The molecule has 0 saturated heterocycles. The molecule has 0 unspecified atom stereocenters. The highest BCUT2D eigenvalue weighted by atomic mass is 32.2. The molecule has 3 aromatic rings. The van der Waals surface area contributed by atoms with E-state index >= 15 is 0 Å². The Morgan fingerprint density at radius 1 is 1.24 bits per heavy atom. The molecule has 2 N–H and O–H groups in total. The SMILES string of the molecule is COC1=C(C(=O)Nc2ncc(-c3ccc(C)o3)[nH]2)N(C)S(=O)(=O)c2ccccc21. The molecule has 0 atom stereocenters. The maximum absolute atomic E-state index is 13.0. The molecule has 0 bridgehead atoms. The van der Waals surface area contributed by atoms with Crippen LogP contribution in [0.15, 0.2) is 57.6 Å². The average molecular weight is 414 g/mol. The van der Waals surface area contributed by atoms with Crippen molar-refractivity contribution in [3.05, 3.63) is 59.6 Å². The van der Waals surface area contributed by atoms with Gasteiger partial charge in [-0.05, 0) is 31.2 Å². The molecule has 0 saturated carbocycles. The minimum absolute atomic E-state index is 0.0735. The first-order valence-corrected chi connectivity index (χ1v) is 10.1. The fraction of sp³-hybridized carbons (Fsp3) is 0.158. The molecule has 150 valence electrons. The van der Waals surface area contributed by atoms with Crippen LogP contribution < -0.4 is 5.32 Å². The molecule has 29 heavy (non-hydrogen) atoms. The Hall–Kier alpha value is -3.53. The zero-order valence-electron chi connectivity index (χ0n) is 15.9. The molecule has 3 heterocycles. The predicted molar refractivity (Wildman–Crippen MR) is 105 cm³/mol. The Kier molecular flexibility index (Phi) is 4.42. The van der Waals surface area contributed by atoms with Crippen LogP contribution in [0, 0.1) is 6.92 Å². The average Bonchev–Trinajstić information content (AvgIpc) is 3.33. The maximum Gasteiger partial charge on any atom is 0.279 e. The van der Waals surface area contributed by atoms with E-state index < -0.39 is 15.9 Å². The highest BCUT2D eigenvalue weighted by Crippen LogP contribution is 2.36. The number of rotatable bonds is 4. The lowest BCUT2D eigenvalue weighted by molar-refractivity contribution is -0.113. The largest absolute Gasteiger partial charge is 0.494 e. The molecule has 4 rings (SSSR count). The molecule has 1 aliphatic rings. The third-order valence-corrected chi connectivity index (χ3v) is 6.35. The highest BCUT2D eigenvalue weighted by Gasteiger charge is 2.38. The van der Waals surface area contributed by atoms with E-state index in [1.54, 1.807) is 24.3 Å². The number of H-pyrrole nitrogens is 1. The number of fused-ring (bicyclic) bond motifs is 1. The Morgan fingerprint density at radius 2 is 2.00 bits per heavy atom. The summed E-state index contributed by atoms with van der Waals surface area (Å²) in [6, 6.07) is 9.94. The lowest BCUT2D eigenvalue weighted by atomic mass is 10.1. The summed E-state index contributed by atoms with van der Waals surface area (Å²) in [4.78, 5) is 20.1. The molecule has 1 aromatic carbocycles. The molecule has 1 amide bonds. The van der Waals surface area contributed by atoms with Crippen molar-refractivity contribution in [1.82, 2.24) is 14.3 Å². The first kappa shape index (κ1) is 18.8. The summed E-state index contributed by atoms with van der Waals surface area (Å²) in [6.45, 7) is 1.82. The second kappa shape index (κ2) is 6.82. The van der Waals surface area contributed by atoms with Gasteiger partial charge in [-0.25, -0.2) is 13.4 Å².